The molecule has 0 aliphatic heterocycles. The van der Waals surface area contributed by atoms with Gasteiger partial charge in [-0.05, 0) is 189 Å². The molecule has 0 aromatic heterocycles. The highest BCUT2D eigenvalue weighted by Crippen LogP contribution is 2.64. The van der Waals surface area contributed by atoms with Gasteiger partial charge in [0.15, 0.2) is 0 Å². The third-order valence-corrected chi connectivity index (χ3v) is 18.3. The van der Waals surface area contributed by atoms with Crippen LogP contribution in [0.15, 0.2) is 255 Å². The van der Waals surface area contributed by atoms with Crippen LogP contribution in [0.2, 0.25) is 0 Å². The monoisotopic (exact) mass is 1040 g/mol. The summed E-state index contributed by atoms with van der Waals surface area (Å²) in [7, 11) is 0. The van der Waals surface area contributed by atoms with Crippen LogP contribution in [-0.2, 0) is 10.8 Å². The molecule has 14 rings (SSSR count). The predicted octanol–water partition coefficient (Wildman–Crippen LogP) is 22.0. The largest absolute Gasteiger partial charge is 0.310 e. The molecule has 3 aliphatic carbocycles. The summed E-state index contributed by atoms with van der Waals surface area (Å²) in [5.74, 6) is 0.458. The number of benzene rings is 11. The van der Waals surface area contributed by atoms with Crippen LogP contribution in [0, 0.1) is 10.8 Å². The minimum absolute atomic E-state index is 0.138. The van der Waals surface area contributed by atoms with E-state index in [2.05, 4.69) is 315 Å². The molecule has 394 valence electrons. The van der Waals surface area contributed by atoms with Crippen molar-refractivity contribution in [2.45, 2.75) is 78.6 Å². The highest BCUT2D eigenvalue weighted by atomic mass is 15.1. The van der Waals surface area contributed by atoms with Crippen molar-refractivity contribution in [2.75, 3.05) is 4.90 Å². The first-order chi connectivity index (χ1) is 39.2. The zero-order chi connectivity index (χ0) is 55.4. The number of nitrogens with zero attached hydrogens (tertiary/aromatic N) is 1. The van der Waals surface area contributed by atoms with Gasteiger partial charge in [0.05, 0.1) is 5.41 Å². The molecule has 1 nitrogen and oxygen atoms in total. The molecule has 0 N–H and O–H groups in total. The van der Waals surface area contributed by atoms with Gasteiger partial charge in [-0.2, -0.15) is 0 Å². The van der Waals surface area contributed by atoms with Crippen molar-refractivity contribution < 1.29 is 0 Å². The zero-order valence-corrected chi connectivity index (χ0v) is 48.0. The van der Waals surface area contributed by atoms with Gasteiger partial charge in [-0.1, -0.05) is 262 Å². The van der Waals surface area contributed by atoms with Crippen molar-refractivity contribution in [3.8, 4) is 77.9 Å². The molecule has 3 aliphatic rings. The Morgan fingerprint density at radius 2 is 0.716 bits per heavy atom. The van der Waals surface area contributed by atoms with E-state index in [-0.39, 0.29) is 16.2 Å². The first kappa shape index (κ1) is 50.4. The number of rotatable bonds is 9. The third kappa shape index (κ3) is 8.26. The smallest absolute Gasteiger partial charge is 0.0725 e. The fraction of sp³-hybridized carbons (Fsp3) is 0.175. The molecule has 0 heterocycles. The Hall–Kier alpha value is -8.78. The molecule has 1 spiro atoms. The van der Waals surface area contributed by atoms with Crippen LogP contribution in [0.5, 0.6) is 0 Å². The Morgan fingerprint density at radius 3 is 1.32 bits per heavy atom. The second-order valence-electron chi connectivity index (χ2n) is 25.9. The van der Waals surface area contributed by atoms with Crippen molar-refractivity contribution in [1.29, 1.82) is 0 Å². The summed E-state index contributed by atoms with van der Waals surface area (Å²) in [6, 6.07) is 96.6. The molecule has 1 heteroatoms. The van der Waals surface area contributed by atoms with E-state index in [1.807, 2.05) is 0 Å². The van der Waals surface area contributed by atoms with E-state index < -0.39 is 5.41 Å². The van der Waals surface area contributed by atoms with E-state index in [9.17, 15) is 0 Å². The Labute approximate surface area is 480 Å². The molecule has 0 bridgehead atoms. The number of hydrogen-bond acceptors (Lipinski definition) is 1. The van der Waals surface area contributed by atoms with Crippen LogP contribution in [0.3, 0.4) is 0 Å². The molecule has 0 radical (unpaired) electrons. The first-order valence-electron chi connectivity index (χ1n) is 29.2. The maximum absolute atomic E-state index is 2.54. The van der Waals surface area contributed by atoms with Gasteiger partial charge in [-0.3, -0.25) is 0 Å². The first-order valence-corrected chi connectivity index (χ1v) is 29.2. The molecule has 2 atom stereocenters. The van der Waals surface area contributed by atoms with Crippen molar-refractivity contribution in [2.24, 2.45) is 10.8 Å². The minimum Gasteiger partial charge on any atom is -0.310 e. The lowest BCUT2D eigenvalue weighted by Gasteiger charge is -2.36. The summed E-state index contributed by atoms with van der Waals surface area (Å²) >= 11 is 0. The molecule has 0 fully saturated rings. The SMILES string of the molecule is CC(C)(C)CC(c1ccc(-c2ccc3c(c2)C2(c4ccccc4-3)c3ccccc3-c3ccc(-c4ccccc4-c4cccc(N(c5ccc(-c6ccccc6)cc5)c5ccc6c(c5)C(C)(C)c5ccccc5-6)c4)cc32)cc1)C(C)(C)C. The lowest BCUT2D eigenvalue weighted by molar-refractivity contribution is 0.229. The van der Waals surface area contributed by atoms with E-state index in [4.69, 9.17) is 0 Å². The summed E-state index contributed by atoms with van der Waals surface area (Å²) < 4.78 is 0. The quantitative estimate of drug-likeness (QED) is 0.139. The van der Waals surface area contributed by atoms with Gasteiger partial charge in [0.1, 0.15) is 0 Å². The lowest BCUT2D eigenvalue weighted by atomic mass is 9.69. The molecule has 11 aromatic carbocycles. The van der Waals surface area contributed by atoms with Gasteiger partial charge >= 0.3 is 0 Å². The van der Waals surface area contributed by atoms with Crippen LogP contribution in [0.25, 0.3) is 77.9 Å². The van der Waals surface area contributed by atoms with Crippen molar-refractivity contribution in [3.63, 3.8) is 0 Å². The van der Waals surface area contributed by atoms with Crippen molar-refractivity contribution in [3.05, 3.63) is 294 Å². The highest BCUT2D eigenvalue weighted by Gasteiger charge is 2.52. The van der Waals surface area contributed by atoms with Gasteiger partial charge in [-0.25, -0.2) is 0 Å². The lowest BCUT2D eigenvalue weighted by Crippen LogP contribution is -2.26. The summed E-state index contributed by atoms with van der Waals surface area (Å²) in [5.41, 5.74) is 30.2. The molecular weight excluding hydrogens is 975 g/mol. The summed E-state index contributed by atoms with van der Waals surface area (Å²) in [4.78, 5) is 2.45. The molecule has 2 unspecified atom stereocenters. The fourth-order valence-electron chi connectivity index (χ4n) is 14.4. The number of hydrogen-bond donors (Lipinski definition) is 0. The van der Waals surface area contributed by atoms with E-state index in [1.54, 1.807) is 0 Å². The van der Waals surface area contributed by atoms with E-state index in [0.717, 1.165) is 23.5 Å². The molecule has 0 saturated carbocycles. The molecule has 0 saturated heterocycles. The Bertz CT molecular complexity index is 4220. The Morgan fingerprint density at radius 1 is 0.309 bits per heavy atom. The summed E-state index contributed by atoms with van der Waals surface area (Å²) in [6.45, 7) is 19.0. The predicted molar refractivity (Wildman–Crippen MR) is 343 cm³/mol. The molecule has 11 aromatic rings. The fourth-order valence-corrected chi connectivity index (χ4v) is 14.4. The maximum atomic E-state index is 2.54. The standard InChI is InChI=1S/C80H69N/c1-77(2,3)51-76(78(4,5)6)55-35-33-54(34-36-55)56-39-44-68-65-28-15-18-31-71(65)80(74(68)48-56)72-32-19-16-29-66(72)69-45-40-58(49-75(69)80)63-26-13-12-25-62(63)57-23-20-24-60(47-57)81(59-41-37-53(38-42-59)52-21-10-9-11-22-52)61-43-46-67-64-27-14-17-30-70(64)79(7,8)73(67)50-61/h9-50,76H,51H2,1-8H3. The average Bonchev–Trinajstić information content (AvgIpc) is 2.14. The van der Waals surface area contributed by atoms with Crippen LogP contribution < -0.4 is 4.90 Å². The maximum Gasteiger partial charge on any atom is 0.0725 e. The van der Waals surface area contributed by atoms with Gasteiger partial charge in [0.25, 0.3) is 0 Å². The second kappa shape index (κ2) is 18.9. The van der Waals surface area contributed by atoms with Crippen LogP contribution in [0.1, 0.15) is 107 Å². The van der Waals surface area contributed by atoms with Crippen LogP contribution in [0.4, 0.5) is 17.1 Å². The van der Waals surface area contributed by atoms with Gasteiger partial charge in [0, 0.05) is 22.5 Å². The normalized spacial score (nSPS) is 15.6. The minimum atomic E-state index is -0.509. The van der Waals surface area contributed by atoms with Gasteiger partial charge < -0.3 is 4.90 Å². The van der Waals surface area contributed by atoms with Crippen molar-refractivity contribution >= 4 is 17.1 Å². The van der Waals surface area contributed by atoms with Gasteiger partial charge in [-0.15, -0.1) is 0 Å². The molecule has 0 amide bonds. The average molecular weight is 1040 g/mol. The summed E-state index contributed by atoms with van der Waals surface area (Å²) in [5, 5.41) is 0. The molecular formula is C80H69N. The Kier molecular flexibility index (Phi) is 11.8. The van der Waals surface area contributed by atoms with E-state index >= 15 is 0 Å². The highest BCUT2D eigenvalue weighted by molar-refractivity contribution is 5.98. The van der Waals surface area contributed by atoms with E-state index in [0.29, 0.717) is 5.92 Å². The number of anilines is 3. The second-order valence-corrected chi connectivity index (χ2v) is 25.9. The van der Waals surface area contributed by atoms with Gasteiger partial charge in [0.2, 0.25) is 0 Å². The summed E-state index contributed by atoms with van der Waals surface area (Å²) in [6.07, 6.45) is 1.14. The molecule has 81 heavy (non-hydrogen) atoms. The zero-order valence-electron chi connectivity index (χ0n) is 48.0. The van der Waals surface area contributed by atoms with E-state index in [1.165, 1.54) is 117 Å². The number of fused-ring (bicyclic) bond motifs is 13. The van der Waals surface area contributed by atoms with Crippen LogP contribution >= 0.6 is 0 Å². The van der Waals surface area contributed by atoms with Crippen LogP contribution in [-0.4, -0.2) is 0 Å². The van der Waals surface area contributed by atoms with Crippen molar-refractivity contribution in [1.82, 2.24) is 0 Å². The Balaban J connectivity index is 0.889. The third-order valence-electron chi connectivity index (χ3n) is 18.3. The topological polar surface area (TPSA) is 3.24 Å².